The van der Waals surface area contributed by atoms with E-state index in [0.29, 0.717) is 24.2 Å². The van der Waals surface area contributed by atoms with Gasteiger partial charge in [-0.15, -0.1) is 0 Å². The molecule has 3 aromatic rings. The van der Waals surface area contributed by atoms with E-state index in [1.165, 1.54) is 0 Å². The fourth-order valence-electron chi connectivity index (χ4n) is 3.39. The van der Waals surface area contributed by atoms with Crippen LogP contribution in [0.2, 0.25) is 0 Å². The highest BCUT2D eigenvalue weighted by Gasteiger charge is 2.28. The van der Waals surface area contributed by atoms with Crippen LogP contribution in [0.1, 0.15) is 16.8 Å². The van der Waals surface area contributed by atoms with E-state index in [1.54, 1.807) is 18.5 Å². The molecule has 138 valence electrons. The molecule has 1 aromatic carbocycles. The van der Waals surface area contributed by atoms with E-state index in [9.17, 15) is 13.2 Å². The summed E-state index contributed by atoms with van der Waals surface area (Å²) in [6.45, 7) is 0.358. The summed E-state index contributed by atoms with van der Waals surface area (Å²) in [4.78, 5) is 21.6. The first-order valence-electron chi connectivity index (χ1n) is 8.81. The van der Waals surface area contributed by atoms with Gasteiger partial charge in [0.05, 0.1) is 28.3 Å². The number of rotatable bonds is 4. The van der Waals surface area contributed by atoms with E-state index in [4.69, 9.17) is 0 Å². The zero-order valence-corrected chi connectivity index (χ0v) is 15.4. The van der Waals surface area contributed by atoms with Gasteiger partial charge in [0.25, 0.3) is 5.91 Å². The number of fused-ring (bicyclic) bond motifs is 1. The molecular weight excluding hydrogens is 362 g/mol. The van der Waals surface area contributed by atoms with Gasteiger partial charge < -0.3 is 5.32 Å². The zero-order valence-electron chi connectivity index (χ0n) is 14.6. The molecule has 1 fully saturated rings. The summed E-state index contributed by atoms with van der Waals surface area (Å²) in [5.74, 6) is 0.107. The minimum atomic E-state index is -2.95. The molecule has 7 heteroatoms. The topological polar surface area (TPSA) is 89.0 Å². The Balaban J connectivity index is 1.64. The van der Waals surface area contributed by atoms with Crippen LogP contribution in [0, 0.1) is 5.92 Å². The number of para-hydroxylation sites is 1. The summed E-state index contributed by atoms with van der Waals surface area (Å²) in [7, 11) is -2.95. The van der Waals surface area contributed by atoms with Gasteiger partial charge in [-0.05, 0) is 36.6 Å². The van der Waals surface area contributed by atoms with E-state index in [-0.39, 0.29) is 23.3 Å². The molecule has 3 heterocycles. The summed E-state index contributed by atoms with van der Waals surface area (Å²) >= 11 is 0. The molecule has 27 heavy (non-hydrogen) atoms. The van der Waals surface area contributed by atoms with E-state index < -0.39 is 9.84 Å². The maximum Gasteiger partial charge on any atom is 0.252 e. The lowest BCUT2D eigenvalue weighted by Gasteiger charge is -2.12. The summed E-state index contributed by atoms with van der Waals surface area (Å²) in [6, 6.07) is 13.0. The fraction of sp³-hybridized carbons (Fsp3) is 0.250. The molecule has 0 radical (unpaired) electrons. The largest absolute Gasteiger partial charge is 0.352 e. The van der Waals surface area contributed by atoms with Crippen molar-refractivity contribution in [1.29, 1.82) is 0 Å². The van der Waals surface area contributed by atoms with Crippen LogP contribution in [0.3, 0.4) is 0 Å². The van der Waals surface area contributed by atoms with Crippen molar-refractivity contribution >= 4 is 26.6 Å². The van der Waals surface area contributed by atoms with Gasteiger partial charge in [0.2, 0.25) is 0 Å². The molecule has 4 rings (SSSR count). The highest BCUT2D eigenvalue weighted by molar-refractivity contribution is 7.91. The van der Waals surface area contributed by atoms with Crippen molar-refractivity contribution in [1.82, 2.24) is 15.3 Å². The molecular formula is C20H19N3O3S. The fourth-order valence-corrected chi connectivity index (χ4v) is 5.25. The zero-order chi connectivity index (χ0) is 18.9. The Morgan fingerprint density at radius 1 is 1.19 bits per heavy atom. The molecule has 1 aliphatic heterocycles. The number of nitrogens with one attached hydrogen (secondary N) is 1. The van der Waals surface area contributed by atoms with Crippen LogP contribution < -0.4 is 5.32 Å². The average molecular weight is 381 g/mol. The number of nitrogens with zero attached hydrogens (tertiary/aromatic N) is 2. The van der Waals surface area contributed by atoms with Gasteiger partial charge >= 0.3 is 0 Å². The number of hydrogen-bond donors (Lipinski definition) is 1. The van der Waals surface area contributed by atoms with E-state index in [1.807, 2.05) is 36.4 Å². The van der Waals surface area contributed by atoms with Crippen LogP contribution in [-0.2, 0) is 9.84 Å². The van der Waals surface area contributed by atoms with Gasteiger partial charge in [-0.1, -0.05) is 18.2 Å². The molecule has 1 atom stereocenters. The van der Waals surface area contributed by atoms with E-state index in [2.05, 4.69) is 15.3 Å². The maximum atomic E-state index is 12.9. The molecule has 0 spiro atoms. The highest BCUT2D eigenvalue weighted by atomic mass is 32.2. The standard InChI is InChI=1S/C20H19N3O3S/c24-20(22-11-14-7-9-27(25,26)13-14)17-10-19(15-4-3-8-21-12-15)23-18-6-2-1-5-16(17)18/h1-6,8,10,12,14H,7,9,11,13H2,(H,22,24). The maximum absolute atomic E-state index is 12.9. The Morgan fingerprint density at radius 3 is 2.78 bits per heavy atom. The van der Waals surface area contributed by atoms with Crippen molar-refractivity contribution in [2.24, 2.45) is 5.92 Å². The third-order valence-corrected chi connectivity index (χ3v) is 6.63. The third-order valence-electron chi connectivity index (χ3n) is 4.80. The quantitative estimate of drug-likeness (QED) is 0.750. The number of sulfone groups is 1. The molecule has 1 amide bonds. The lowest BCUT2D eigenvalue weighted by atomic mass is 10.0. The predicted octanol–water partition coefficient (Wildman–Crippen LogP) is 2.46. The molecule has 1 N–H and O–H groups in total. The SMILES string of the molecule is O=C(NCC1CCS(=O)(=O)C1)c1cc(-c2cccnc2)nc2ccccc12. The van der Waals surface area contributed by atoms with Crippen molar-refractivity contribution in [3.8, 4) is 11.3 Å². The molecule has 2 aromatic heterocycles. The van der Waals surface area contributed by atoms with Gasteiger partial charge in [0, 0.05) is 29.9 Å². The second kappa shape index (κ2) is 7.08. The monoisotopic (exact) mass is 381 g/mol. The second-order valence-corrected chi connectivity index (χ2v) is 9.02. The minimum absolute atomic E-state index is 0.0233. The number of benzene rings is 1. The molecule has 0 aliphatic carbocycles. The molecule has 6 nitrogen and oxygen atoms in total. The van der Waals surface area contributed by atoms with Gasteiger partial charge in [-0.25, -0.2) is 13.4 Å². The number of hydrogen-bond acceptors (Lipinski definition) is 5. The Labute approximate surface area is 157 Å². The summed E-state index contributed by atoms with van der Waals surface area (Å²) < 4.78 is 23.2. The summed E-state index contributed by atoms with van der Waals surface area (Å²) in [6.07, 6.45) is 4.00. The summed E-state index contributed by atoms with van der Waals surface area (Å²) in [5.41, 5.74) is 2.77. The van der Waals surface area contributed by atoms with E-state index in [0.717, 1.165) is 16.5 Å². The third kappa shape index (κ3) is 3.83. The van der Waals surface area contributed by atoms with Crippen molar-refractivity contribution in [2.45, 2.75) is 6.42 Å². The lowest BCUT2D eigenvalue weighted by Crippen LogP contribution is -2.30. The van der Waals surface area contributed by atoms with Crippen LogP contribution in [-0.4, -0.2) is 42.3 Å². The Kier molecular flexibility index (Phi) is 4.61. The second-order valence-electron chi connectivity index (χ2n) is 6.79. The van der Waals surface area contributed by atoms with Crippen LogP contribution >= 0.6 is 0 Å². The van der Waals surface area contributed by atoms with Crippen molar-refractivity contribution in [2.75, 3.05) is 18.1 Å². The van der Waals surface area contributed by atoms with Gasteiger partial charge in [0.1, 0.15) is 0 Å². The van der Waals surface area contributed by atoms with Crippen LogP contribution in [0.5, 0.6) is 0 Å². The Bertz CT molecular complexity index is 1100. The van der Waals surface area contributed by atoms with Gasteiger partial charge in [-0.3, -0.25) is 9.78 Å². The van der Waals surface area contributed by atoms with Crippen molar-refractivity contribution < 1.29 is 13.2 Å². The Hall–Kier alpha value is -2.80. The first-order chi connectivity index (χ1) is 13.0. The van der Waals surface area contributed by atoms with Gasteiger partial charge in [-0.2, -0.15) is 0 Å². The number of amides is 1. The van der Waals surface area contributed by atoms with E-state index >= 15 is 0 Å². The molecule has 0 bridgehead atoms. The molecule has 0 saturated carbocycles. The minimum Gasteiger partial charge on any atom is -0.352 e. The first kappa shape index (κ1) is 17.6. The van der Waals surface area contributed by atoms with Crippen molar-refractivity contribution in [3.63, 3.8) is 0 Å². The number of carbonyl (C=O) groups is 1. The number of carbonyl (C=O) groups excluding carboxylic acids is 1. The van der Waals surface area contributed by atoms with Crippen LogP contribution in [0.15, 0.2) is 54.9 Å². The smallest absolute Gasteiger partial charge is 0.252 e. The van der Waals surface area contributed by atoms with Gasteiger partial charge in [0.15, 0.2) is 9.84 Å². The normalized spacial score (nSPS) is 18.4. The molecule has 1 saturated heterocycles. The number of aromatic nitrogens is 2. The molecule has 1 aliphatic rings. The Morgan fingerprint density at radius 2 is 2.04 bits per heavy atom. The van der Waals surface area contributed by atoms with Crippen LogP contribution in [0.25, 0.3) is 22.2 Å². The lowest BCUT2D eigenvalue weighted by molar-refractivity contribution is 0.0950. The van der Waals surface area contributed by atoms with Crippen molar-refractivity contribution in [3.05, 3.63) is 60.4 Å². The predicted molar refractivity (Wildman–Crippen MR) is 104 cm³/mol. The highest BCUT2D eigenvalue weighted by Crippen LogP contribution is 2.24. The average Bonchev–Trinajstić information content (AvgIpc) is 3.04. The number of pyridine rings is 2. The van der Waals surface area contributed by atoms with Crippen LogP contribution in [0.4, 0.5) is 0 Å². The molecule has 1 unspecified atom stereocenters. The summed E-state index contributed by atoms with van der Waals surface area (Å²) in [5, 5.41) is 3.67. The first-order valence-corrected chi connectivity index (χ1v) is 10.6.